The number of hydrogen-bond acceptors (Lipinski definition) is 5. The molecule has 4 rings (SSSR count). The number of carbonyl (C=O) groups excluding carboxylic acids is 2. The maximum absolute atomic E-state index is 11.5. The number of rotatable bonds is 14. The SMILES string of the molecule is C=CC(=O)OCCCCCc1ccc(N(Cc2ccc(Cl)cc2)c2ccc(-c3ccc(OC(=O)C=C)cc3)cc2)cc1. The van der Waals surface area contributed by atoms with E-state index in [4.69, 9.17) is 21.1 Å². The van der Waals surface area contributed by atoms with E-state index >= 15 is 0 Å². The number of aryl methyl sites for hydroxylation is 1. The van der Waals surface area contributed by atoms with Crippen LogP contribution >= 0.6 is 11.6 Å². The number of hydrogen-bond donors (Lipinski definition) is 0. The standard InChI is InChI=1S/C36H34ClNO4/c1-3-35(39)41-25-7-5-6-8-27-11-19-32(20-12-27)38(26-28-9-17-31(37)18-10-28)33-21-13-29(14-22-33)30-15-23-34(24-16-30)42-36(40)4-2/h3-4,9-24H,1-2,5-8,25-26H2. The number of nitrogens with zero attached hydrogens (tertiary/aromatic N) is 1. The van der Waals surface area contributed by atoms with Crippen molar-refractivity contribution in [2.24, 2.45) is 0 Å². The monoisotopic (exact) mass is 579 g/mol. The predicted octanol–water partition coefficient (Wildman–Crippen LogP) is 8.88. The highest BCUT2D eigenvalue weighted by Gasteiger charge is 2.12. The number of halogens is 1. The largest absolute Gasteiger partial charge is 0.463 e. The first kappa shape index (κ1) is 30.4. The third-order valence-corrected chi connectivity index (χ3v) is 7.03. The molecule has 0 unspecified atom stereocenters. The summed E-state index contributed by atoms with van der Waals surface area (Å²) in [7, 11) is 0. The molecule has 0 bridgehead atoms. The van der Waals surface area contributed by atoms with Crippen LogP contribution in [0.2, 0.25) is 5.02 Å². The molecule has 0 heterocycles. The minimum Gasteiger partial charge on any atom is -0.463 e. The molecule has 0 amide bonds. The Labute approximate surface area is 252 Å². The summed E-state index contributed by atoms with van der Waals surface area (Å²) in [5.74, 6) is -0.373. The van der Waals surface area contributed by atoms with Crippen LogP contribution in [0, 0.1) is 0 Å². The van der Waals surface area contributed by atoms with E-state index in [1.54, 1.807) is 12.1 Å². The maximum Gasteiger partial charge on any atom is 0.335 e. The van der Waals surface area contributed by atoms with Gasteiger partial charge >= 0.3 is 11.9 Å². The summed E-state index contributed by atoms with van der Waals surface area (Å²) in [6, 6.07) is 32.4. The van der Waals surface area contributed by atoms with Gasteiger partial charge in [0.1, 0.15) is 5.75 Å². The highest BCUT2D eigenvalue weighted by Crippen LogP contribution is 2.31. The van der Waals surface area contributed by atoms with Gasteiger partial charge in [-0.1, -0.05) is 73.3 Å². The van der Waals surface area contributed by atoms with Crippen LogP contribution in [0.4, 0.5) is 11.4 Å². The molecule has 6 heteroatoms. The Kier molecular flexibility index (Phi) is 11.1. The van der Waals surface area contributed by atoms with E-state index in [1.807, 2.05) is 36.4 Å². The van der Waals surface area contributed by atoms with Crippen molar-refractivity contribution < 1.29 is 19.1 Å². The first-order chi connectivity index (χ1) is 20.4. The van der Waals surface area contributed by atoms with Crippen molar-refractivity contribution in [3.63, 3.8) is 0 Å². The fourth-order valence-corrected chi connectivity index (χ4v) is 4.62. The van der Waals surface area contributed by atoms with Gasteiger partial charge in [-0.2, -0.15) is 0 Å². The van der Waals surface area contributed by atoms with Crippen molar-refractivity contribution in [2.75, 3.05) is 11.5 Å². The second-order valence-electron chi connectivity index (χ2n) is 9.76. The normalized spacial score (nSPS) is 10.5. The molecule has 0 saturated heterocycles. The first-order valence-corrected chi connectivity index (χ1v) is 14.3. The minimum atomic E-state index is -0.482. The van der Waals surface area contributed by atoms with Crippen molar-refractivity contribution in [3.05, 3.63) is 139 Å². The summed E-state index contributed by atoms with van der Waals surface area (Å²) in [5, 5.41) is 0.711. The molecule has 0 radical (unpaired) electrons. The minimum absolute atomic E-state index is 0.370. The zero-order valence-corrected chi connectivity index (χ0v) is 24.3. The Balaban J connectivity index is 1.46. The quantitative estimate of drug-likeness (QED) is 0.0646. The summed E-state index contributed by atoms with van der Waals surface area (Å²) >= 11 is 6.14. The predicted molar refractivity (Wildman–Crippen MR) is 170 cm³/mol. The summed E-state index contributed by atoms with van der Waals surface area (Å²) in [5.41, 5.74) is 6.65. The van der Waals surface area contributed by atoms with E-state index in [0.717, 1.165) is 59.8 Å². The second kappa shape index (κ2) is 15.4. The fraction of sp³-hybridized carbons (Fsp3) is 0.167. The fourth-order valence-electron chi connectivity index (χ4n) is 4.49. The van der Waals surface area contributed by atoms with Gasteiger partial charge in [0.15, 0.2) is 0 Å². The molecule has 0 aliphatic carbocycles. The lowest BCUT2D eigenvalue weighted by Crippen LogP contribution is -2.16. The van der Waals surface area contributed by atoms with Crippen LogP contribution in [-0.4, -0.2) is 18.5 Å². The van der Waals surface area contributed by atoms with Gasteiger partial charge in [-0.3, -0.25) is 0 Å². The molecule has 4 aromatic rings. The van der Waals surface area contributed by atoms with Crippen LogP contribution in [0.3, 0.4) is 0 Å². The molecule has 42 heavy (non-hydrogen) atoms. The third-order valence-electron chi connectivity index (χ3n) is 6.77. The van der Waals surface area contributed by atoms with Gasteiger partial charge in [-0.05, 0) is 96.5 Å². The van der Waals surface area contributed by atoms with E-state index < -0.39 is 5.97 Å². The number of esters is 2. The van der Waals surface area contributed by atoms with E-state index in [0.29, 0.717) is 23.9 Å². The average molecular weight is 580 g/mol. The van der Waals surface area contributed by atoms with Crippen LogP contribution in [0.5, 0.6) is 5.75 Å². The Hall–Kier alpha value is -4.61. The Morgan fingerprint density at radius 3 is 1.81 bits per heavy atom. The highest BCUT2D eigenvalue weighted by atomic mass is 35.5. The molecule has 4 aromatic carbocycles. The van der Waals surface area contributed by atoms with Crippen molar-refractivity contribution in [3.8, 4) is 16.9 Å². The van der Waals surface area contributed by atoms with Crippen LogP contribution in [0.25, 0.3) is 11.1 Å². The molecule has 214 valence electrons. The lowest BCUT2D eigenvalue weighted by Gasteiger charge is -2.26. The van der Waals surface area contributed by atoms with Crippen LogP contribution in [-0.2, 0) is 27.3 Å². The van der Waals surface area contributed by atoms with Crippen molar-refractivity contribution in [1.82, 2.24) is 0 Å². The van der Waals surface area contributed by atoms with Gasteiger partial charge in [0.25, 0.3) is 0 Å². The second-order valence-corrected chi connectivity index (χ2v) is 10.2. The lowest BCUT2D eigenvalue weighted by molar-refractivity contribution is -0.137. The highest BCUT2D eigenvalue weighted by molar-refractivity contribution is 6.30. The van der Waals surface area contributed by atoms with E-state index in [-0.39, 0.29) is 5.97 Å². The number of carbonyl (C=O) groups is 2. The molecule has 0 saturated carbocycles. The first-order valence-electron chi connectivity index (χ1n) is 13.9. The molecule has 0 spiro atoms. The maximum atomic E-state index is 11.5. The summed E-state index contributed by atoms with van der Waals surface area (Å²) < 4.78 is 10.2. The Morgan fingerprint density at radius 2 is 1.21 bits per heavy atom. The van der Waals surface area contributed by atoms with Gasteiger partial charge in [-0.25, -0.2) is 9.59 Å². The van der Waals surface area contributed by atoms with Gasteiger partial charge in [0, 0.05) is 35.1 Å². The topological polar surface area (TPSA) is 55.8 Å². The molecule has 0 aliphatic heterocycles. The zero-order valence-electron chi connectivity index (χ0n) is 23.5. The zero-order chi connectivity index (χ0) is 29.7. The smallest absolute Gasteiger partial charge is 0.335 e. The lowest BCUT2D eigenvalue weighted by atomic mass is 10.0. The summed E-state index contributed by atoms with van der Waals surface area (Å²) in [4.78, 5) is 24.9. The van der Waals surface area contributed by atoms with Gasteiger partial charge in [0.2, 0.25) is 0 Å². The van der Waals surface area contributed by atoms with Crippen molar-refractivity contribution in [2.45, 2.75) is 32.2 Å². The van der Waals surface area contributed by atoms with E-state index in [9.17, 15) is 9.59 Å². The molecule has 0 atom stereocenters. The Bertz CT molecular complexity index is 1480. The summed E-state index contributed by atoms with van der Waals surface area (Å²) in [6.45, 7) is 7.95. The summed E-state index contributed by atoms with van der Waals surface area (Å²) in [6.07, 6.45) is 6.16. The van der Waals surface area contributed by atoms with Crippen LogP contribution in [0.15, 0.2) is 122 Å². The number of anilines is 2. The molecule has 0 N–H and O–H groups in total. The third kappa shape index (κ3) is 8.95. The van der Waals surface area contributed by atoms with Crippen molar-refractivity contribution in [1.29, 1.82) is 0 Å². The number of benzene rings is 4. The molecule has 0 fully saturated rings. The van der Waals surface area contributed by atoms with Crippen LogP contribution < -0.4 is 9.64 Å². The molecular weight excluding hydrogens is 546 g/mol. The van der Waals surface area contributed by atoms with Gasteiger partial charge in [0.05, 0.1) is 6.61 Å². The molecule has 0 aliphatic rings. The van der Waals surface area contributed by atoms with E-state index in [1.165, 1.54) is 11.6 Å². The Morgan fingerprint density at radius 1 is 0.667 bits per heavy atom. The number of unbranched alkanes of at least 4 members (excludes halogenated alkanes) is 2. The van der Waals surface area contributed by atoms with Crippen LogP contribution in [0.1, 0.15) is 30.4 Å². The van der Waals surface area contributed by atoms with Gasteiger partial charge < -0.3 is 14.4 Å². The molecule has 0 aromatic heterocycles. The molecular formula is C36H34ClNO4. The van der Waals surface area contributed by atoms with Crippen molar-refractivity contribution >= 4 is 34.9 Å². The van der Waals surface area contributed by atoms with Gasteiger partial charge in [-0.15, -0.1) is 0 Å². The molecule has 5 nitrogen and oxygen atoms in total. The van der Waals surface area contributed by atoms with E-state index in [2.05, 4.69) is 66.6 Å². The average Bonchev–Trinajstić information content (AvgIpc) is 3.03. The number of ether oxygens (including phenoxy) is 2.